The summed E-state index contributed by atoms with van der Waals surface area (Å²) in [5.74, 6) is -0.503. The number of carbonyl (C=O) groups excluding carboxylic acids is 1. The largest absolute Gasteiger partial charge is 0.377 e. The molecule has 0 amide bonds. The molecule has 1 aromatic carbocycles. The first-order chi connectivity index (χ1) is 7.20. The Hall–Kier alpha value is -1.22. The molecular weight excluding hydrogens is 195 g/mol. The molecule has 0 spiro atoms. The second kappa shape index (κ2) is 7.12. The van der Waals surface area contributed by atoms with Crippen LogP contribution >= 0.6 is 0 Å². The van der Waals surface area contributed by atoms with Crippen LogP contribution in [-0.4, -0.2) is 13.4 Å². The maximum absolute atomic E-state index is 13.1. The Morgan fingerprint density at radius 1 is 1.40 bits per heavy atom. The lowest BCUT2D eigenvalue weighted by molar-refractivity contribution is 0.108. The summed E-state index contributed by atoms with van der Waals surface area (Å²) in [6.07, 6.45) is 0.246. The Morgan fingerprint density at radius 2 is 2.00 bits per heavy atom. The van der Waals surface area contributed by atoms with E-state index in [0.29, 0.717) is 11.8 Å². The summed E-state index contributed by atoms with van der Waals surface area (Å²) in [5, 5.41) is 0. The highest BCUT2D eigenvalue weighted by atomic mass is 19.1. The van der Waals surface area contributed by atoms with Crippen molar-refractivity contribution in [1.82, 2.24) is 0 Å². The molecule has 0 fully saturated rings. The van der Waals surface area contributed by atoms with Crippen molar-refractivity contribution < 1.29 is 13.9 Å². The molecular formula is C12H17FO2. The number of hydrogen-bond donors (Lipinski definition) is 0. The van der Waals surface area contributed by atoms with E-state index in [0.717, 1.165) is 0 Å². The van der Waals surface area contributed by atoms with Crippen LogP contribution < -0.4 is 0 Å². The summed E-state index contributed by atoms with van der Waals surface area (Å²) in [4.78, 5) is 10.6. The van der Waals surface area contributed by atoms with Crippen LogP contribution in [-0.2, 0) is 4.74 Å². The highest BCUT2D eigenvalue weighted by molar-refractivity contribution is 5.77. The van der Waals surface area contributed by atoms with E-state index >= 15 is 0 Å². The Kier molecular flexibility index (Phi) is 6.54. The summed E-state index contributed by atoms with van der Waals surface area (Å²) < 4.78 is 18.1. The minimum Gasteiger partial charge on any atom is -0.377 e. The van der Waals surface area contributed by atoms with Crippen molar-refractivity contribution in [3.63, 3.8) is 0 Å². The molecule has 0 saturated heterocycles. The first kappa shape index (κ1) is 13.8. The zero-order valence-corrected chi connectivity index (χ0v) is 9.58. The van der Waals surface area contributed by atoms with Crippen LogP contribution in [0.5, 0.6) is 0 Å². The summed E-state index contributed by atoms with van der Waals surface area (Å²) in [6, 6.07) is 4.50. The summed E-state index contributed by atoms with van der Waals surface area (Å²) in [6.45, 7) is 5.77. The normalized spacial score (nSPS) is 11.3. The number of halogens is 1. The smallest absolute Gasteiger partial charge is 0.153 e. The Morgan fingerprint density at radius 3 is 2.47 bits per heavy atom. The predicted molar refractivity (Wildman–Crippen MR) is 58.6 cm³/mol. The lowest BCUT2D eigenvalue weighted by atomic mass is 10.0. The highest BCUT2D eigenvalue weighted by Crippen LogP contribution is 2.20. The Balaban J connectivity index is 0.000000921. The third-order valence-electron chi connectivity index (χ3n) is 2.00. The number of ether oxygens (including phenoxy) is 1. The molecule has 0 heterocycles. The van der Waals surface area contributed by atoms with E-state index in [1.807, 2.05) is 13.8 Å². The van der Waals surface area contributed by atoms with Gasteiger partial charge in [-0.25, -0.2) is 4.39 Å². The van der Waals surface area contributed by atoms with Gasteiger partial charge >= 0.3 is 0 Å². The molecule has 1 rings (SSSR count). The molecule has 0 radical (unpaired) electrons. The molecule has 0 saturated carbocycles. The maximum atomic E-state index is 13.1. The van der Waals surface area contributed by atoms with Crippen molar-refractivity contribution in [2.75, 3.05) is 7.11 Å². The van der Waals surface area contributed by atoms with Gasteiger partial charge < -0.3 is 4.74 Å². The van der Waals surface area contributed by atoms with Gasteiger partial charge in [0.2, 0.25) is 0 Å². The molecule has 84 valence electrons. The van der Waals surface area contributed by atoms with Gasteiger partial charge in [0.05, 0.1) is 11.7 Å². The molecule has 0 aliphatic rings. The van der Waals surface area contributed by atoms with Crippen molar-refractivity contribution in [3.05, 3.63) is 35.1 Å². The molecule has 0 N–H and O–H groups in total. The topological polar surface area (TPSA) is 26.3 Å². The molecule has 1 atom stereocenters. The quantitative estimate of drug-likeness (QED) is 0.718. The summed E-state index contributed by atoms with van der Waals surface area (Å²) in [7, 11) is 1.52. The Labute approximate surface area is 90.1 Å². The van der Waals surface area contributed by atoms with Crippen molar-refractivity contribution in [2.45, 2.75) is 26.9 Å². The van der Waals surface area contributed by atoms with Gasteiger partial charge in [-0.15, -0.1) is 0 Å². The third kappa shape index (κ3) is 3.44. The van der Waals surface area contributed by atoms with E-state index in [4.69, 9.17) is 4.74 Å². The first-order valence-corrected chi connectivity index (χ1v) is 4.97. The fraction of sp³-hybridized carbons (Fsp3) is 0.417. The minimum atomic E-state index is -0.503. The van der Waals surface area contributed by atoms with Gasteiger partial charge in [0.15, 0.2) is 6.29 Å². The van der Waals surface area contributed by atoms with Crippen molar-refractivity contribution in [1.29, 1.82) is 0 Å². The lowest BCUT2D eigenvalue weighted by Crippen LogP contribution is -2.02. The number of methoxy groups -OCH3 is 1. The average Bonchev–Trinajstić information content (AvgIpc) is 2.30. The SMILES string of the molecule is CC.COC(C)c1cccc(F)c1C=O. The second-order valence-corrected chi connectivity index (χ2v) is 2.74. The Bertz CT molecular complexity index is 310. The van der Waals surface area contributed by atoms with Crippen LogP contribution in [0.2, 0.25) is 0 Å². The number of rotatable bonds is 3. The van der Waals surface area contributed by atoms with E-state index in [1.165, 1.54) is 13.2 Å². The summed E-state index contributed by atoms with van der Waals surface area (Å²) >= 11 is 0. The molecule has 15 heavy (non-hydrogen) atoms. The van der Waals surface area contributed by atoms with E-state index < -0.39 is 5.82 Å². The van der Waals surface area contributed by atoms with Gasteiger partial charge in [-0.1, -0.05) is 26.0 Å². The fourth-order valence-corrected chi connectivity index (χ4v) is 1.16. The van der Waals surface area contributed by atoms with Gasteiger partial charge in [-0.05, 0) is 18.6 Å². The van der Waals surface area contributed by atoms with E-state index in [9.17, 15) is 9.18 Å². The van der Waals surface area contributed by atoms with Crippen LogP contribution in [0.4, 0.5) is 4.39 Å². The minimum absolute atomic E-state index is 0.0804. The van der Waals surface area contributed by atoms with Crippen LogP contribution in [0.3, 0.4) is 0 Å². The first-order valence-electron chi connectivity index (χ1n) is 4.97. The number of aldehydes is 1. The maximum Gasteiger partial charge on any atom is 0.153 e. The van der Waals surface area contributed by atoms with Crippen molar-refractivity contribution >= 4 is 6.29 Å². The monoisotopic (exact) mass is 212 g/mol. The van der Waals surface area contributed by atoms with Crippen LogP contribution in [0.15, 0.2) is 18.2 Å². The average molecular weight is 212 g/mol. The molecule has 0 aromatic heterocycles. The van der Waals surface area contributed by atoms with E-state index in [1.54, 1.807) is 19.1 Å². The van der Waals surface area contributed by atoms with Crippen LogP contribution in [0.25, 0.3) is 0 Å². The zero-order valence-electron chi connectivity index (χ0n) is 9.58. The van der Waals surface area contributed by atoms with Gasteiger partial charge in [0.25, 0.3) is 0 Å². The van der Waals surface area contributed by atoms with Gasteiger partial charge in [0.1, 0.15) is 5.82 Å². The summed E-state index contributed by atoms with van der Waals surface area (Å²) in [5.41, 5.74) is 0.661. The van der Waals surface area contributed by atoms with Crippen molar-refractivity contribution in [2.24, 2.45) is 0 Å². The third-order valence-corrected chi connectivity index (χ3v) is 2.00. The number of benzene rings is 1. The molecule has 2 nitrogen and oxygen atoms in total. The number of carbonyl (C=O) groups is 1. The zero-order chi connectivity index (χ0) is 11.8. The molecule has 1 aromatic rings. The van der Waals surface area contributed by atoms with Gasteiger partial charge in [0, 0.05) is 7.11 Å². The second-order valence-electron chi connectivity index (χ2n) is 2.74. The molecule has 0 aliphatic heterocycles. The van der Waals surface area contributed by atoms with Gasteiger partial charge in [-0.3, -0.25) is 4.79 Å². The molecule has 1 unspecified atom stereocenters. The van der Waals surface area contributed by atoms with Gasteiger partial charge in [-0.2, -0.15) is 0 Å². The van der Waals surface area contributed by atoms with Crippen LogP contribution in [0.1, 0.15) is 42.8 Å². The highest BCUT2D eigenvalue weighted by Gasteiger charge is 2.12. The van der Waals surface area contributed by atoms with Crippen molar-refractivity contribution in [3.8, 4) is 0 Å². The fourth-order valence-electron chi connectivity index (χ4n) is 1.16. The molecule has 0 bridgehead atoms. The molecule has 0 aliphatic carbocycles. The molecule has 3 heteroatoms. The van der Waals surface area contributed by atoms with E-state index in [-0.39, 0.29) is 11.7 Å². The number of hydrogen-bond acceptors (Lipinski definition) is 2. The lowest BCUT2D eigenvalue weighted by Gasteiger charge is -2.11. The van der Waals surface area contributed by atoms with Crippen LogP contribution in [0, 0.1) is 5.82 Å². The van der Waals surface area contributed by atoms with E-state index in [2.05, 4.69) is 0 Å². The standard InChI is InChI=1S/C10H11FO2.C2H6/c1-7(13-2)8-4-3-5-10(11)9(8)6-12;1-2/h3-7H,1-2H3;1-2H3. The predicted octanol–water partition coefficient (Wildman–Crippen LogP) is 3.37.